The summed E-state index contributed by atoms with van der Waals surface area (Å²) < 4.78 is 78.8. The lowest BCUT2D eigenvalue weighted by molar-refractivity contribution is -0.146. The van der Waals surface area contributed by atoms with E-state index >= 15 is 0 Å². The molecular formula is C51H56N4O12S2. The van der Waals surface area contributed by atoms with Crippen LogP contribution in [-0.4, -0.2) is 108 Å². The number of amides is 1. The number of nitrogens with one attached hydrogen (secondary N) is 1. The average Bonchev–Trinajstić information content (AvgIpc) is 3.30. The van der Waals surface area contributed by atoms with Crippen LogP contribution < -0.4 is 14.8 Å². The number of hydrogen-bond acceptors (Lipinski definition) is 15. The fraction of sp³-hybridized carbons (Fsp3) is 0.353. The molecular weight excluding hydrogens is 925 g/mol. The summed E-state index contributed by atoms with van der Waals surface area (Å²) in [5.74, 6) is -0.223. The largest absolute Gasteiger partial charge is 0.489 e. The van der Waals surface area contributed by atoms with Gasteiger partial charge in [0.1, 0.15) is 24.7 Å². The number of nitrogens with zero attached hydrogens (tertiary/aromatic N) is 3. The molecule has 2 aromatic heterocycles. The van der Waals surface area contributed by atoms with Crippen LogP contribution in [0.25, 0.3) is 21.8 Å². The first-order valence-corrected chi connectivity index (χ1v) is 25.6. The first kappa shape index (κ1) is 50.3. The van der Waals surface area contributed by atoms with Gasteiger partial charge in [-0.3, -0.25) is 19.6 Å². The Kier molecular flexibility index (Phi) is 15.5. The highest BCUT2D eigenvalue weighted by Crippen LogP contribution is 2.38. The summed E-state index contributed by atoms with van der Waals surface area (Å²) in [6, 6.07) is 32.3. The van der Waals surface area contributed by atoms with E-state index in [4.69, 9.17) is 23.7 Å². The average molecular weight is 981 g/mol. The number of para-hydroxylation sites is 2. The smallest absolute Gasteiger partial charge is 0.409 e. The molecule has 4 aromatic carbocycles. The van der Waals surface area contributed by atoms with Crippen molar-refractivity contribution in [2.24, 2.45) is 10.8 Å². The molecule has 8 rings (SSSR count). The van der Waals surface area contributed by atoms with Crippen molar-refractivity contribution in [1.29, 1.82) is 0 Å². The fourth-order valence-electron chi connectivity index (χ4n) is 8.68. The summed E-state index contributed by atoms with van der Waals surface area (Å²) in [6.07, 6.45) is -0.561. The molecule has 1 N–H and O–H groups in total. The number of methoxy groups -OCH3 is 2. The molecule has 0 unspecified atom stereocenters. The zero-order chi connectivity index (χ0) is 49.4. The Balaban J connectivity index is 0.000000206. The minimum Gasteiger partial charge on any atom is -0.489 e. The molecule has 6 aromatic rings. The number of esters is 2. The first-order chi connectivity index (χ1) is 32.9. The molecule has 16 nitrogen and oxygen atoms in total. The first-order valence-electron chi connectivity index (χ1n) is 22.3. The van der Waals surface area contributed by atoms with Crippen molar-refractivity contribution in [2.75, 3.05) is 58.5 Å². The van der Waals surface area contributed by atoms with Crippen LogP contribution in [0.15, 0.2) is 119 Å². The zero-order valence-corrected chi connectivity index (χ0v) is 40.9. The van der Waals surface area contributed by atoms with E-state index in [1.807, 2.05) is 74.5 Å². The van der Waals surface area contributed by atoms with Crippen molar-refractivity contribution < 1.29 is 54.9 Å². The number of carbonyl (C=O) groups is 3. The summed E-state index contributed by atoms with van der Waals surface area (Å²) in [5, 5.41) is 5.10. The third-order valence-corrected chi connectivity index (χ3v) is 16.0. The van der Waals surface area contributed by atoms with Crippen molar-refractivity contribution in [3.05, 3.63) is 132 Å². The van der Waals surface area contributed by atoms with E-state index in [-0.39, 0.29) is 53.8 Å². The SMILES string of the molecule is CCOC(=O)N1CC(CC(=O)OC)(CS(=O)(=O)c2ccc(OCc3cc(C)nc4ccccc34)cc2)C1.COC(=O)CC1(CS(=O)(=O)c2ccc(OCc3cc(C)nc4ccccc34)cc2)CNC1. The quantitative estimate of drug-likeness (QED) is 0.0724. The molecule has 364 valence electrons. The lowest BCUT2D eigenvalue weighted by atomic mass is 9.79. The Bertz CT molecular complexity index is 3050. The Morgan fingerprint density at radius 1 is 0.623 bits per heavy atom. The minimum atomic E-state index is -3.76. The van der Waals surface area contributed by atoms with E-state index in [1.54, 1.807) is 43.3 Å². The molecule has 0 bridgehead atoms. The maximum Gasteiger partial charge on any atom is 0.409 e. The van der Waals surface area contributed by atoms with Crippen LogP contribution in [0.4, 0.5) is 4.79 Å². The Morgan fingerprint density at radius 2 is 1.04 bits per heavy atom. The summed E-state index contributed by atoms with van der Waals surface area (Å²) in [5.41, 5.74) is 4.05. The van der Waals surface area contributed by atoms with Gasteiger partial charge in [-0.05, 0) is 93.6 Å². The predicted molar refractivity (Wildman–Crippen MR) is 258 cm³/mol. The number of carbonyl (C=O) groups excluding carboxylic acids is 3. The molecule has 2 aliphatic rings. The van der Waals surface area contributed by atoms with Crippen molar-refractivity contribution in [3.8, 4) is 11.5 Å². The summed E-state index contributed by atoms with van der Waals surface area (Å²) in [6.45, 7) is 7.58. The van der Waals surface area contributed by atoms with Crippen molar-refractivity contribution >= 4 is 59.5 Å². The van der Waals surface area contributed by atoms with Gasteiger partial charge in [0, 0.05) is 70.3 Å². The third kappa shape index (κ3) is 12.3. The highest BCUT2D eigenvalue weighted by Gasteiger charge is 2.50. The molecule has 0 atom stereocenters. The topological polar surface area (TPSA) is 207 Å². The third-order valence-electron chi connectivity index (χ3n) is 12.1. The number of sulfone groups is 2. The molecule has 2 fully saturated rings. The molecule has 0 spiro atoms. The number of aromatic nitrogens is 2. The molecule has 1 amide bonds. The number of fused-ring (bicyclic) bond motifs is 2. The van der Waals surface area contributed by atoms with Crippen molar-refractivity contribution in [1.82, 2.24) is 20.2 Å². The van der Waals surface area contributed by atoms with E-state index < -0.39 is 48.5 Å². The van der Waals surface area contributed by atoms with Crippen LogP contribution in [-0.2, 0) is 56.7 Å². The molecule has 0 radical (unpaired) electrons. The molecule has 69 heavy (non-hydrogen) atoms. The number of ether oxygens (including phenoxy) is 5. The lowest BCUT2D eigenvalue weighted by Crippen LogP contribution is -2.62. The molecule has 4 heterocycles. The monoisotopic (exact) mass is 980 g/mol. The predicted octanol–water partition coefficient (Wildman–Crippen LogP) is 6.97. The lowest BCUT2D eigenvalue weighted by Gasteiger charge is -2.48. The summed E-state index contributed by atoms with van der Waals surface area (Å²) in [7, 11) is -4.76. The van der Waals surface area contributed by atoms with Gasteiger partial charge >= 0.3 is 18.0 Å². The van der Waals surface area contributed by atoms with Gasteiger partial charge < -0.3 is 33.9 Å². The van der Waals surface area contributed by atoms with Gasteiger partial charge in [0.25, 0.3) is 0 Å². The van der Waals surface area contributed by atoms with Crippen LogP contribution >= 0.6 is 0 Å². The molecule has 18 heteroatoms. The molecule has 2 aliphatic heterocycles. The zero-order valence-electron chi connectivity index (χ0n) is 39.2. The standard InChI is InChI=1S/C27H30N2O7S.C24H26N2O5S/c1-4-35-26(31)29-16-27(17-29,14-25(30)34-3)18-37(32,33)22-11-9-21(10-12-22)36-15-20-13-19(2)28-24-8-6-5-7-23(20)24;1-17-11-18(21-5-3-4-6-22(21)26-17)13-31-19-7-9-20(10-8-19)32(28,29)16-24(14-25-15-24)12-23(27)30-2/h5-13H,4,14-18H2,1-3H3;3-11,25H,12-16H2,1-2H3. The van der Waals surface area contributed by atoms with Gasteiger partial charge in [-0.25, -0.2) is 21.6 Å². The molecule has 0 aliphatic carbocycles. The Morgan fingerprint density at radius 3 is 1.45 bits per heavy atom. The van der Waals surface area contributed by atoms with Crippen LogP contribution in [0.3, 0.4) is 0 Å². The number of benzene rings is 4. The van der Waals surface area contributed by atoms with Gasteiger partial charge in [0.05, 0.1) is 66.0 Å². The van der Waals surface area contributed by atoms with Gasteiger partial charge in [-0.2, -0.15) is 0 Å². The van der Waals surface area contributed by atoms with Gasteiger partial charge in [0.2, 0.25) is 0 Å². The number of aryl methyl sites for hydroxylation is 2. The minimum absolute atomic E-state index is 0.0796. The maximum atomic E-state index is 13.3. The highest BCUT2D eigenvalue weighted by molar-refractivity contribution is 7.91. The Hall–Kier alpha value is -6.63. The van der Waals surface area contributed by atoms with Gasteiger partial charge in [-0.1, -0.05) is 36.4 Å². The van der Waals surface area contributed by atoms with Gasteiger partial charge in [0.15, 0.2) is 19.7 Å². The van der Waals surface area contributed by atoms with Crippen LogP contribution in [0.5, 0.6) is 11.5 Å². The van der Waals surface area contributed by atoms with E-state index in [0.717, 1.165) is 44.3 Å². The normalized spacial score (nSPS) is 14.9. The van der Waals surface area contributed by atoms with Crippen molar-refractivity contribution in [2.45, 2.75) is 56.6 Å². The van der Waals surface area contributed by atoms with Crippen LogP contribution in [0.1, 0.15) is 42.3 Å². The maximum absolute atomic E-state index is 13.3. The second kappa shape index (κ2) is 21.3. The van der Waals surface area contributed by atoms with E-state index in [1.165, 1.54) is 31.3 Å². The van der Waals surface area contributed by atoms with Crippen molar-refractivity contribution in [3.63, 3.8) is 0 Å². The van der Waals surface area contributed by atoms with E-state index in [2.05, 4.69) is 15.3 Å². The second-order valence-electron chi connectivity index (χ2n) is 17.6. The number of likely N-dealkylation sites (tertiary alicyclic amines) is 1. The molecule has 0 saturated carbocycles. The van der Waals surface area contributed by atoms with E-state index in [0.29, 0.717) is 37.8 Å². The highest BCUT2D eigenvalue weighted by atomic mass is 32.2. The summed E-state index contributed by atoms with van der Waals surface area (Å²) >= 11 is 0. The summed E-state index contributed by atoms with van der Waals surface area (Å²) in [4.78, 5) is 46.5. The Labute approximate surface area is 402 Å². The molecule has 2 saturated heterocycles. The number of hydrogen-bond donors (Lipinski definition) is 1. The number of pyridine rings is 2. The van der Waals surface area contributed by atoms with Crippen LogP contribution in [0.2, 0.25) is 0 Å². The van der Waals surface area contributed by atoms with Crippen LogP contribution in [0, 0.1) is 24.7 Å². The van der Waals surface area contributed by atoms with Gasteiger partial charge in [-0.15, -0.1) is 0 Å². The fourth-order valence-corrected chi connectivity index (χ4v) is 12.3. The van der Waals surface area contributed by atoms with E-state index in [9.17, 15) is 31.2 Å². The second-order valence-corrected chi connectivity index (χ2v) is 21.6. The number of rotatable bonds is 17.